The molecular weight excluding hydrogens is 279 g/mol. The zero-order valence-corrected chi connectivity index (χ0v) is 11.4. The van der Waals surface area contributed by atoms with E-state index in [0.717, 1.165) is 0 Å². The first kappa shape index (κ1) is 14.2. The second-order valence-corrected chi connectivity index (χ2v) is 5.87. The summed E-state index contributed by atoms with van der Waals surface area (Å²) < 4.78 is 23.1. The second kappa shape index (κ2) is 6.26. The Morgan fingerprint density at radius 1 is 0.900 bits per heavy atom. The molecule has 0 fully saturated rings. The van der Waals surface area contributed by atoms with Gasteiger partial charge in [0.1, 0.15) is 11.5 Å². The van der Waals surface area contributed by atoms with Crippen molar-refractivity contribution >= 4 is 13.6 Å². The maximum atomic E-state index is 12.5. The molecule has 0 spiro atoms. The molecule has 2 aromatic carbocycles. The van der Waals surface area contributed by atoms with Crippen LogP contribution in [-0.4, -0.2) is 17.2 Å². The Balaban J connectivity index is 2.21. The summed E-state index contributed by atoms with van der Waals surface area (Å²) in [6, 6.07) is 16.7. The summed E-state index contributed by atoms with van der Waals surface area (Å²) in [6.07, 6.45) is -0.712. The molecule has 0 aromatic heterocycles. The molecule has 6 heteroatoms. The number of benzene rings is 2. The highest BCUT2D eigenvalue weighted by Gasteiger charge is 2.31. The third kappa shape index (κ3) is 4.14. The molecule has 2 rings (SSSR count). The summed E-state index contributed by atoms with van der Waals surface area (Å²) in [5.74, 6) is -0.652. The van der Waals surface area contributed by atoms with Gasteiger partial charge in [-0.1, -0.05) is 36.4 Å². The molecule has 0 saturated carbocycles. The van der Waals surface area contributed by atoms with Crippen molar-refractivity contribution in [3.05, 3.63) is 60.7 Å². The van der Waals surface area contributed by atoms with Crippen LogP contribution < -0.4 is 9.05 Å². The molecule has 0 bridgehead atoms. The average Bonchev–Trinajstić information content (AvgIpc) is 2.39. The van der Waals surface area contributed by atoms with Crippen LogP contribution in [0.4, 0.5) is 0 Å². The first-order valence-electron chi connectivity index (χ1n) is 5.87. The van der Waals surface area contributed by atoms with E-state index >= 15 is 0 Å². The zero-order valence-electron chi connectivity index (χ0n) is 10.5. The Kier molecular flexibility index (Phi) is 4.43. The predicted molar refractivity (Wildman–Crippen MR) is 74.2 cm³/mol. The lowest BCUT2D eigenvalue weighted by molar-refractivity contribution is -0.134. The fourth-order valence-corrected chi connectivity index (χ4v) is 2.92. The van der Waals surface area contributed by atoms with E-state index in [4.69, 9.17) is 14.2 Å². The number of aliphatic carboxylic acids is 1. The quantitative estimate of drug-likeness (QED) is 0.826. The van der Waals surface area contributed by atoms with Crippen LogP contribution in [0.2, 0.25) is 0 Å². The standard InChI is InChI=1S/C14H13O5P/c15-14(16)11-20(17,18-12-7-3-1-4-8-12)19-13-9-5-2-6-10-13/h1-10H,11H2,(H,15,16). The number of hydrogen-bond acceptors (Lipinski definition) is 4. The predicted octanol–water partition coefficient (Wildman–Crippen LogP) is 3.42. The molecule has 0 unspecified atom stereocenters. The molecule has 20 heavy (non-hydrogen) atoms. The summed E-state index contributed by atoms with van der Waals surface area (Å²) >= 11 is 0. The van der Waals surface area contributed by atoms with Crippen molar-refractivity contribution in [2.75, 3.05) is 6.16 Å². The topological polar surface area (TPSA) is 72.8 Å². The SMILES string of the molecule is O=C(O)CP(=O)(Oc1ccccc1)Oc1ccccc1. The minimum absolute atomic E-state index is 0.299. The van der Waals surface area contributed by atoms with E-state index in [9.17, 15) is 9.36 Å². The van der Waals surface area contributed by atoms with Crippen molar-refractivity contribution in [1.29, 1.82) is 0 Å². The molecule has 1 N–H and O–H groups in total. The van der Waals surface area contributed by atoms with Gasteiger partial charge in [-0.2, -0.15) is 0 Å². The monoisotopic (exact) mass is 292 g/mol. The number of carboxylic acid groups (broad SMARTS) is 1. The Hall–Kier alpha value is -2.26. The van der Waals surface area contributed by atoms with E-state index in [-0.39, 0.29) is 0 Å². The van der Waals surface area contributed by atoms with Crippen LogP contribution in [0, 0.1) is 0 Å². The molecule has 0 aliphatic heterocycles. The van der Waals surface area contributed by atoms with Crippen LogP contribution in [0.1, 0.15) is 0 Å². The molecule has 5 nitrogen and oxygen atoms in total. The molecule has 104 valence electrons. The van der Waals surface area contributed by atoms with Gasteiger partial charge >= 0.3 is 13.6 Å². The number of rotatable bonds is 6. The van der Waals surface area contributed by atoms with E-state index in [2.05, 4.69) is 0 Å². The molecule has 0 saturated heterocycles. The minimum Gasteiger partial charge on any atom is -0.481 e. The van der Waals surface area contributed by atoms with Crippen molar-refractivity contribution in [2.45, 2.75) is 0 Å². The van der Waals surface area contributed by atoms with Gasteiger partial charge in [-0.3, -0.25) is 4.79 Å². The van der Waals surface area contributed by atoms with E-state index in [1.807, 2.05) is 0 Å². The maximum absolute atomic E-state index is 12.5. The Labute approximate surface area is 116 Å². The van der Waals surface area contributed by atoms with Gasteiger partial charge in [0.05, 0.1) is 0 Å². The molecule has 0 radical (unpaired) electrons. The third-order valence-corrected chi connectivity index (χ3v) is 3.94. The minimum atomic E-state index is -3.82. The highest BCUT2D eigenvalue weighted by atomic mass is 31.2. The lowest BCUT2D eigenvalue weighted by atomic mass is 10.3. The van der Waals surface area contributed by atoms with E-state index in [1.54, 1.807) is 60.7 Å². The largest absolute Gasteiger partial charge is 0.481 e. The van der Waals surface area contributed by atoms with Crippen molar-refractivity contribution in [2.24, 2.45) is 0 Å². The third-order valence-electron chi connectivity index (χ3n) is 2.30. The van der Waals surface area contributed by atoms with Crippen LogP contribution >= 0.6 is 7.60 Å². The molecule has 0 aliphatic rings. The van der Waals surface area contributed by atoms with Gasteiger partial charge in [-0.15, -0.1) is 0 Å². The van der Waals surface area contributed by atoms with E-state index in [1.165, 1.54) is 0 Å². The Morgan fingerprint density at radius 2 is 1.30 bits per heavy atom. The van der Waals surface area contributed by atoms with Crippen LogP contribution in [0.15, 0.2) is 60.7 Å². The summed E-state index contributed by atoms with van der Waals surface area (Å²) in [4.78, 5) is 10.9. The smallest absolute Gasteiger partial charge is 0.441 e. The molecular formula is C14H13O5P. The zero-order chi connectivity index (χ0) is 14.4. The summed E-state index contributed by atoms with van der Waals surface area (Å²) in [7, 11) is -3.82. The molecule has 2 aromatic rings. The van der Waals surface area contributed by atoms with Gasteiger partial charge in [0, 0.05) is 0 Å². The summed E-state index contributed by atoms with van der Waals surface area (Å²) in [6.45, 7) is 0. The van der Waals surface area contributed by atoms with Gasteiger partial charge in [0.2, 0.25) is 0 Å². The molecule has 0 aliphatic carbocycles. The van der Waals surface area contributed by atoms with Gasteiger partial charge in [-0.25, -0.2) is 4.57 Å². The second-order valence-electron chi connectivity index (χ2n) is 3.97. The highest BCUT2D eigenvalue weighted by molar-refractivity contribution is 7.55. The number of carbonyl (C=O) groups is 1. The first-order valence-corrected chi connectivity index (χ1v) is 7.60. The van der Waals surface area contributed by atoms with Crippen LogP contribution in [0.25, 0.3) is 0 Å². The van der Waals surface area contributed by atoms with Crippen molar-refractivity contribution in [1.82, 2.24) is 0 Å². The lowest BCUT2D eigenvalue weighted by Gasteiger charge is -2.18. The molecule has 0 atom stereocenters. The van der Waals surface area contributed by atoms with Crippen LogP contribution in [0.5, 0.6) is 11.5 Å². The first-order chi connectivity index (χ1) is 9.57. The van der Waals surface area contributed by atoms with Gasteiger partial charge in [-0.05, 0) is 24.3 Å². The maximum Gasteiger partial charge on any atom is 0.441 e. The van der Waals surface area contributed by atoms with Crippen molar-refractivity contribution in [3.8, 4) is 11.5 Å². The van der Waals surface area contributed by atoms with Crippen LogP contribution in [-0.2, 0) is 9.36 Å². The molecule has 0 heterocycles. The fraction of sp³-hybridized carbons (Fsp3) is 0.0714. The average molecular weight is 292 g/mol. The lowest BCUT2D eigenvalue weighted by Crippen LogP contribution is -2.12. The summed E-state index contributed by atoms with van der Waals surface area (Å²) in [5.41, 5.74) is 0. The highest BCUT2D eigenvalue weighted by Crippen LogP contribution is 2.48. The Bertz CT molecular complexity index is 566. The van der Waals surface area contributed by atoms with Crippen molar-refractivity contribution < 1.29 is 23.5 Å². The van der Waals surface area contributed by atoms with E-state index in [0.29, 0.717) is 11.5 Å². The van der Waals surface area contributed by atoms with Gasteiger partial charge < -0.3 is 14.2 Å². The fourth-order valence-electron chi connectivity index (χ4n) is 1.53. The Morgan fingerprint density at radius 3 is 1.65 bits per heavy atom. The number of hydrogen-bond donors (Lipinski definition) is 1. The number of carboxylic acids is 1. The van der Waals surface area contributed by atoms with Crippen LogP contribution in [0.3, 0.4) is 0 Å². The van der Waals surface area contributed by atoms with Gasteiger partial charge in [0.25, 0.3) is 0 Å². The van der Waals surface area contributed by atoms with E-state index < -0.39 is 19.7 Å². The van der Waals surface area contributed by atoms with Crippen molar-refractivity contribution in [3.63, 3.8) is 0 Å². The summed E-state index contributed by atoms with van der Waals surface area (Å²) in [5, 5.41) is 8.87. The number of para-hydroxylation sites is 2. The molecule has 0 amide bonds. The normalized spacial score (nSPS) is 10.8. The van der Waals surface area contributed by atoms with Gasteiger partial charge in [0.15, 0.2) is 6.16 Å².